The zero-order valence-corrected chi connectivity index (χ0v) is 12.7. The molecule has 2 aromatic heterocycles. The molecule has 0 radical (unpaired) electrons. The Bertz CT molecular complexity index is 914. The van der Waals surface area contributed by atoms with E-state index < -0.39 is 22.8 Å². The standard InChI is InChI=1S/C16H9ClF3N3O/c17-14-12(16(18,19)20)7-9-3-1-5-11(13(9)23-14)15(24)22-10-4-2-6-21-8-10/h1-8H,(H,22,24). The highest BCUT2D eigenvalue weighted by molar-refractivity contribution is 6.31. The van der Waals surface area contributed by atoms with E-state index in [-0.39, 0.29) is 16.5 Å². The fraction of sp³-hybridized carbons (Fsp3) is 0.0625. The van der Waals surface area contributed by atoms with Crippen molar-refractivity contribution in [2.75, 3.05) is 5.32 Å². The van der Waals surface area contributed by atoms with Crippen LogP contribution in [0.25, 0.3) is 10.9 Å². The van der Waals surface area contributed by atoms with Crippen molar-refractivity contribution in [2.45, 2.75) is 6.18 Å². The molecule has 3 aromatic rings. The predicted octanol–water partition coefficient (Wildman–Crippen LogP) is 4.55. The summed E-state index contributed by atoms with van der Waals surface area (Å²) >= 11 is 5.65. The average Bonchev–Trinajstić information content (AvgIpc) is 2.53. The van der Waals surface area contributed by atoms with E-state index in [2.05, 4.69) is 15.3 Å². The molecule has 0 unspecified atom stereocenters. The topological polar surface area (TPSA) is 54.9 Å². The number of anilines is 1. The van der Waals surface area contributed by atoms with Gasteiger partial charge in [-0.25, -0.2) is 4.98 Å². The van der Waals surface area contributed by atoms with Gasteiger partial charge in [0.15, 0.2) is 0 Å². The summed E-state index contributed by atoms with van der Waals surface area (Å²) in [4.78, 5) is 20.0. The zero-order valence-electron chi connectivity index (χ0n) is 11.9. The summed E-state index contributed by atoms with van der Waals surface area (Å²) in [6.07, 6.45) is -1.62. The van der Waals surface area contributed by atoms with Crippen molar-refractivity contribution in [1.82, 2.24) is 9.97 Å². The molecule has 0 aliphatic rings. The Morgan fingerprint density at radius 3 is 2.62 bits per heavy atom. The summed E-state index contributed by atoms with van der Waals surface area (Å²) in [5.74, 6) is -0.517. The Morgan fingerprint density at radius 1 is 1.17 bits per heavy atom. The van der Waals surface area contributed by atoms with Crippen LogP contribution in [0.2, 0.25) is 5.15 Å². The van der Waals surface area contributed by atoms with Gasteiger partial charge < -0.3 is 5.32 Å². The first-order valence-electron chi connectivity index (χ1n) is 6.74. The maximum atomic E-state index is 12.9. The van der Waals surface area contributed by atoms with Crippen LogP contribution in [0.1, 0.15) is 15.9 Å². The number of hydrogen-bond donors (Lipinski definition) is 1. The number of para-hydroxylation sites is 1. The predicted molar refractivity (Wildman–Crippen MR) is 83.9 cm³/mol. The fourth-order valence-corrected chi connectivity index (χ4v) is 2.44. The second-order valence-corrected chi connectivity index (χ2v) is 5.26. The Labute approximate surface area is 139 Å². The number of nitrogens with zero attached hydrogens (tertiary/aromatic N) is 2. The number of pyridine rings is 2. The number of fused-ring (bicyclic) bond motifs is 1. The van der Waals surface area contributed by atoms with Crippen LogP contribution in [0.15, 0.2) is 48.8 Å². The van der Waals surface area contributed by atoms with Crippen molar-refractivity contribution in [3.05, 3.63) is 65.1 Å². The van der Waals surface area contributed by atoms with Gasteiger partial charge in [-0.3, -0.25) is 9.78 Å². The quantitative estimate of drug-likeness (QED) is 0.689. The van der Waals surface area contributed by atoms with Crippen LogP contribution in [0.5, 0.6) is 0 Å². The summed E-state index contributed by atoms with van der Waals surface area (Å²) in [6, 6.07) is 8.54. The minimum absolute atomic E-state index is 0.0943. The van der Waals surface area contributed by atoms with E-state index in [9.17, 15) is 18.0 Å². The van der Waals surface area contributed by atoms with E-state index in [1.54, 1.807) is 18.3 Å². The number of hydrogen-bond acceptors (Lipinski definition) is 3. The van der Waals surface area contributed by atoms with E-state index in [0.717, 1.165) is 6.07 Å². The lowest BCUT2D eigenvalue weighted by atomic mass is 10.1. The molecule has 8 heteroatoms. The van der Waals surface area contributed by atoms with E-state index in [1.807, 2.05) is 0 Å². The van der Waals surface area contributed by atoms with Crippen molar-refractivity contribution in [2.24, 2.45) is 0 Å². The molecule has 2 heterocycles. The van der Waals surface area contributed by atoms with Crippen molar-refractivity contribution in [1.29, 1.82) is 0 Å². The van der Waals surface area contributed by atoms with Crippen LogP contribution in [-0.4, -0.2) is 15.9 Å². The molecule has 1 N–H and O–H groups in total. The second kappa shape index (κ2) is 6.09. The largest absolute Gasteiger partial charge is 0.419 e. The molecule has 0 saturated heterocycles. The molecule has 1 aromatic carbocycles. The monoisotopic (exact) mass is 351 g/mol. The number of amides is 1. The molecule has 0 atom stereocenters. The minimum atomic E-state index is -4.62. The molecule has 0 saturated carbocycles. The van der Waals surface area contributed by atoms with Crippen LogP contribution in [-0.2, 0) is 6.18 Å². The number of carbonyl (C=O) groups is 1. The van der Waals surface area contributed by atoms with Crippen molar-refractivity contribution < 1.29 is 18.0 Å². The number of alkyl halides is 3. The zero-order chi connectivity index (χ0) is 17.3. The molecule has 0 aliphatic carbocycles. The third kappa shape index (κ3) is 3.16. The van der Waals surface area contributed by atoms with Crippen molar-refractivity contribution >= 4 is 34.1 Å². The maximum Gasteiger partial charge on any atom is 0.419 e. The van der Waals surface area contributed by atoms with E-state index in [4.69, 9.17) is 11.6 Å². The minimum Gasteiger partial charge on any atom is -0.321 e. The molecule has 0 spiro atoms. The van der Waals surface area contributed by atoms with Gasteiger partial charge >= 0.3 is 6.18 Å². The fourth-order valence-electron chi connectivity index (χ4n) is 2.19. The number of aromatic nitrogens is 2. The summed E-state index contributed by atoms with van der Waals surface area (Å²) in [6.45, 7) is 0. The van der Waals surface area contributed by atoms with E-state index in [0.29, 0.717) is 5.69 Å². The number of carbonyl (C=O) groups excluding carboxylic acids is 1. The highest BCUT2D eigenvalue weighted by Gasteiger charge is 2.34. The molecular formula is C16H9ClF3N3O. The summed E-state index contributed by atoms with van der Waals surface area (Å²) in [5.41, 5.74) is -0.372. The normalized spacial score (nSPS) is 11.5. The molecule has 0 bridgehead atoms. The molecule has 122 valence electrons. The van der Waals surface area contributed by atoms with Gasteiger partial charge in [-0.2, -0.15) is 13.2 Å². The van der Waals surface area contributed by atoms with Gasteiger partial charge in [0.1, 0.15) is 5.15 Å². The number of nitrogens with one attached hydrogen (secondary N) is 1. The van der Waals surface area contributed by atoms with Gasteiger partial charge in [0.2, 0.25) is 0 Å². The Morgan fingerprint density at radius 2 is 1.96 bits per heavy atom. The van der Waals surface area contributed by atoms with Gasteiger partial charge in [0.25, 0.3) is 5.91 Å². The van der Waals surface area contributed by atoms with Crippen molar-refractivity contribution in [3.63, 3.8) is 0 Å². The highest BCUT2D eigenvalue weighted by Crippen LogP contribution is 2.36. The third-order valence-corrected chi connectivity index (χ3v) is 3.56. The van der Waals surface area contributed by atoms with E-state index >= 15 is 0 Å². The first-order valence-corrected chi connectivity index (χ1v) is 7.12. The first-order chi connectivity index (χ1) is 11.4. The van der Waals surface area contributed by atoms with Gasteiger partial charge in [-0.05, 0) is 24.3 Å². The number of rotatable bonds is 2. The van der Waals surface area contributed by atoms with Gasteiger partial charge in [-0.1, -0.05) is 23.7 Å². The van der Waals surface area contributed by atoms with Crippen LogP contribution in [0.3, 0.4) is 0 Å². The molecule has 0 fully saturated rings. The van der Waals surface area contributed by atoms with Gasteiger partial charge in [0, 0.05) is 11.6 Å². The lowest BCUT2D eigenvalue weighted by Crippen LogP contribution is -2.14. The average molecular weight is 352 g/mol. The Kier molecular flexibility index (Phi) is 4.11. The maximum absolute atomic E-state index is 12.9. The van der Waals surface area contributed by atoms with Crippen LogP contribution in [0.4, 0.5) is 18.9 Å². The smallest absolute Gasteiger partial charge is 0.321 e. The second-order valence-electron chi connectivity index (χ2n) is 4.90. The Hall–Kier alpha value is -2.67. The lowest BCUT2D eigenvalue weighted by molar-refractivity contribution is -0.137. The third-order valence-electron chi connectivity index (χ3n) is 3.27. The van der Waals surface area contributed by atoms with E-state index in [1.165, 1.54) is 24.4 Å². The molecular weight excluding hydrogens is 343 g/mol. The summed E-state index contributed by atoms with van der Waals surface area (Å²) in [7, 11) is 0. The molecule has 3 rings (SSSR count). The van der Waals surface area contributed by atoms with Gasteiger partial charge in [0.05, 0.1) is 28.5 Å². The van der Waals surface area contributed by atoms with Crippen LogP contribution >= 0.6 is 11.6 Å². The number of benzene rings is 1. The molecule has 4 nitrogen and oxygen atoms in total. The summed E-state index contributed by atoms with van der Waals surface area (Å²) < 4.78 is 38.7. The summed E-state index contributed by atoms with van der Waals surface area (Å²) in [5, 5.41) is 2.08. The lowest BCUT2D eigenvalue weighted by Gasteiger charge is -2.12. The highest BCUT2D eigenvalue weighted by atomic mass is 35.5. The van der Waals surface area contributed by atoms with Crippen LogP contribution in [0, 0.1) is 0 Å². The van der Waals surface area contributed by atoms with Crippen LogP contribution < -0.4 is 5.32 Å². The first kappa shape index (κ1) is 16.2. The molecule has 1 amide bonds. The molecule has 24 heavy (non-hydrogen) atoms. The Balaban J connectivity index is 2.06. The number of halogens is 4. The van der Waals surface area contributed by atoms with Gasteiger partial charge in [-0.15, -0.1) is 0 Å². The molecule has 0 aliphatic heterocycles. The SMILES string of the molecule is O=C(Nc1cccnc1)c1cccc2cc(C(F)(F)F)c(Cl)nc12. The van der Waals surface area contributed by atoms with Crippen molar-refractivity contribution in [3.8, 4) is 0 Å².